The van der Waals surface area contributed by atoms with Crippen molar-refractivity contribution in [2.75, 3.05) is 54.2 Å². The largest absolute Gasteiger partial charge is 0.396 e. The van der Waals surface area contributed by atoms with Crippen molar-refractivity contribution < 1.29 is 14.6 Å². The predicted molar refractivity (Wildman–Crippen MR) is 69.3 cm³/mol. The Bertz CT molecular complexity index is 170. The molecule has 0 spiro atoms. The maximum atomic E-state index is 8.99. The molecule has 0 amide bonds. The van der Waals surface area contributed by atoms with Gasteiger partial charge in [0.05, 0.1) is 13.2 Å². The first-order valence-corrected chi connectivity index (χ1v) is 6.19. The Kier molecular flexibility index (Phi) is 10.8. The predicted octanol–water partition coefficient (Wildman–Crippen LogP) is -0.0599. The van der Waals surface area contributed by atoms with Crippen LogP contribution in [0.3, 0.4) is 0 Å². The molecular weight excluding hydrogens is 220 g/mol. The second-order valence-electron chi connectivity index (χ2n) is 4.29. The highest BCUT2D eigenvalue weighted by molar-refractivity contribution is 4.74. The van der Waals surface area contributed by atoms with E-state index in [9.17, 15) is 0 Å². The van der Waals surface area contributed by atoms with Crippen molar-refractivity contribution in [3.8, 4) is 0 Å². The Hall–Kier alpha value is -0.200. The molecule has 0 aliphatic heterocycles. The fourth-order valence-corrected chi connectivity index (χ4v) is 1.81. The lowest BCUT2D eigenvalue weighted by Crippen LogP contribution is -2.46. The number of aliphatic hydroxyl groups excluding tert-OH is 1. The lowest BCUT2D eigenvalue weighted by Gasteiger charge is -2.31. The number of hydrogen-bond donors (Lipinski definition) is 2. The zero-order valence-corrected chi connectivity index (χ0v) is 11.6. The summed E-state index contributed by atoms with van der Waals surface area (Å²) in [5, 5.41) is 12.2. The number of likely N-dealkylation sites (N-methyl/N-ethyl adjacent to an activating group) is 1. The maximum Gasteiger partial charge on any atom is 0.0615 e. The van der Waals surface area contributed by atoms with E-state index in [-0.39, 0.29) is 6.61 Å². The summed E-state index contributed by atoms with van der Waals surface area (Å²) in [5.74, 6) is 0. The normalized spacial score (nSPS) is 15.2. The third-order valence-corrected chi connectivity index (χ3v) is 2.95. The molecule has 0 bridgehead atoms. The summed E-state index contributed by atoms with van der Waals surface area (Å²) >= 11 is 0. The number of nitrogens with one attached hydrogen (secondary N) is 1. The van der Waals surface area contributed by atoms with Crippen molar-refractivity contribution in [1.82, 2.24) is 10.2 Å². The van der Waals surface area contributed by atoms with Crippen LogP contribution in [-0.4, -0.2) is 76.3 Å². The number of methoxy groups -OCH3 is 2. The van der Waals surface area contributed by atoms with Gasteiger partial charge in [-0.05, 0) is 20.4 Å². The van der Waals surface area contributed by atoms with Crippen molar-refractivity contribution in [3.05, 3.63) is 0 Å². The standard InChI is InChI=1S/C12H28N2O3/c1-11(10-17-4)14(6-8-16-3)9-12(13-2)5-7-15/h11-13,15H,5-10H2,1-4H3. The molecule has 0 saturated carbocycles. The van der Waals surface area contributed by atoms with Gasteiger partial charge in [0.15, 0.2) is 0 Å². The minimum Gasteiger partial charge on any atom is -0.396 e. The molecule has 0 saturated heterocycles. The fraction of sp³-hybridized carbons (Fsp3) is 1.00. The average molecular weight is 248 g/mol. The van der Waals surface area contributed by atoms with Crippen LogP contribution in [0, 0.1) is 0 Å². The van der Waals surface area contributed by atoms with Crippen molar-refractivity contribution >= 4 is 0 Å². The number of ether oxygens (including phenoxy) is 2. The van der Waals surface area contributed by atoms with Crippen LogP contribution in [0.5, 0.6) is 0 Å². The number of nitrogens with zero attached hydrogens (tertiary/aromatic N) is 1. The van der Waals surface area contributed by atoms with Crippen molar-refractivity contribution in [3.63, 3.8) is 0 Å². The molecule has 2 N–H and O–H groups in total. The van der Waals surface area contributed by atoms with Gasteiger partial charge < -0.3 is 19.9 Å². The molecule has 0 rings (SSSR count). The van der Waals surface area contributed by atoms with E-state index in [0.29, 0.717) is 25.3 Å². The van der Waals surface area contributed by atoms with Crippen LogP contribution in [0.4, 0.5) is 0 Å². The van der Waals surface area contributed by atoms with Crippen LogP contribution in [0.15, 0.2) is 0 Å². The van der Waals surface area contributed by atoms with E-state index in [1.165, 1.54) is 0 Å². The summed E-state index contributed by atoms with van der Waals surface area (Å²) in [6.07, 6.45) is 0.764. The van der Waals surface area contributed by atoms with Crippen LogP contribution < -0.4 is 5.32 Å². The molecule has 0 radical (unpaired) electrons. The minimum atomic E-state index is 0.211. The van der Waals surface area contributed by atoms with E-state index in [1.54, 1.807) is 14.2 Å². The van der Waals surface area contributed by atoms with Gasteiger partial charge in [0.2, 0.25) is 0 Å². The Morgan fingerprint density at radius 1 is 1.29 bits per heavy atom. The SMILES string of the molecule is CNC(CCO)CN(CCOC)C(C)COC. The molecule has 0 aromatic carbocycles. The quantitative estimate of drug-likeness (QED) is 0.536. The van der Waals surface area contributed by atoms with Gasteiger partial charge in [0.1, 0.15) is 0 Å². The zero-order valence-electron chi connectivity index (χ0n) is 11.6. The molecule has 0 aromatic heterocycles. The lowest BCUT2D eigenvalue weighted by atomic mass is 10.1. The number of rotatable bonds is 11. The topological polar surface area (TPSA) is 54.0 Å². The molecule has 0 aliphatic carbocycles. The van der Waals surface area contributed by atoms with Crippen molar-refractivity contribution in [2.45, 2.75) is 25.4 Å². The molecule has 17 heavy (non-hydrogen) atoms. The van der Waals surface area contributed by atoms with Crippen LogP contribution in [0.2, 0.25) is 0 Å². The van der Waals surface area contributed by atoms with E-state index in [0.717, 1.165) is 19.5 Å². The Labute approximate surface area is 105 Å². The van der Waals surface area contributed by atoms with Crippen LogP contribution in [0.1, 0.15) is 13.3 Å². The Balaban J connectivity index is 4.23. The minimum absolute atomic E-state index is 0.211. The Morgan fingerprint density at radius 2 is 2.00 bits per heavy atom. The van der Waals surface area contributed by atoms with Crippen LogP contribution in [-0.2, 0) is 9.47 Å². The van der Waals surface area contributed by atoms with Gasteiger partial charge in [-0.3, -0.25) is 4.90 Å². The molecule has 2 unspecified atom stereocenters. The molecule has 5 heteroatoms. The summed E-state index contributed by atoms with van der Waals surface area (Å²) in [6, 6.07) is 0.654. The van der Waals surface area contributed by atoms with Gasteiger partial charge in [0.25, 0.3) is 0 Å². The summed E-state index contributed by atoms with van der Waals surface area (Å²) in [7, 11) is 5.35. The van der Waals surface area contributed by atoms with Crippen molar-refractivity contribution in [1.29, 1.82) is 0 Å². The van der Waals surface area contributed by atoms with Gasteiger partial charge in [0, 0.05) is 46.0 Å². The molecule has 0 heterocycles. The highest BCUT2D eigenvalue weighted by atomic mass is 16.5. The Morgan fingerprint density at radius 3 is 2.47 bits per heavy atom. The molecule has 2 atom stereocenters. The van der Waals surface area contributed by atoms with Crippen LogP contribution in [0.25, 0.3) is 0 Å². The molecule has 0 aliphatic rings. The second-order valence-corrected chi connectivity index (χ2v) is 4.29. The maximum absolute atomic E-state index is 8.99. The molecule has 104 valence electrons. The van der Waals surface area contributed by atoms with E-state index in [1.807, 2.05) is 7.05 Å². The van der Waals surface area contributed by atoms with Crippen LogP contribution >= 0.6 is 0 Å². The van der Waals surface area contributed by atoms with Gasteiger partial charge in [-0.15, -0.1) is 0 Å². The lowest BCUT2D eigenvalue weighted by molar-refractivity contribution is 0.0671. The third kappa shape index (κ3) is 7.68. The van der Waals surface area contributed by atoms with Gasteiger partial charge in [-0.1, -0.05) is 0 Å². The van der Waals surface area contributed by atoms with Crippen molar-refractivity contribution in [2.24, 2.45) is 0 Å². The van der Waals surface area contributed by atoms with E-state index < -0.39 is 0 Å². The van der Waals surface area contributed by atoms with Gasteiger partial charge >= 0.3 is 0 Å². The highest BCUT2D eigenvalue weighted by Crippen LogP contribution is 2.03. The summed E-state index contributed by atoms with van der Waals surface area (Å²) in [6.45, 7) is 5.55. The summed E-state index contributed by atoms with van der Waals surface area (Å²) in [5.41, 5.74) is 0. The average Bonchev–Trinajstić information content (AvgIpc) is 2.33. The zero-order chi connectivity index (χ0) is 13.1. The van der Waals surface area contributed by atoms with Gasteiger partial charge in [-0.2, -0.15) is 0 Å². The summed E-state index contributed by atoms with van der Waals surface area (Å²) < 4.78 is 10.3. The molecule has 5 nitrogen and oxygen atoms in total. The fourth-order valence-electron chi connectivity index (χ4n) is 1.81. The highest BCUT2D eigenvalue weighted by Gasteiger charge is 2.17. The smallest absolute Gasteiger partial charge is 0.0615 e. The molecular formula is C12H28N2O3. The molecule has 0 aromatic rings. The number of hydrogen-bond acceptors (Lipinski definition) is 5. The number of aliphatic hydroxyl groups is 1. The first kappa shape index (κ1) is 16.8. The molecule has 0 fully saturated rings. The van der Waals surface area contributed by atoms with Gasteiger partial charge in [-0.25, -0.2) is 0 Å². The first-order valence-electron chi connectivity index (χ1n) is 6.19. The second kappa shape index (κ2) is 10.9. The van der Waals surface area contributed by atoms with E-state index in [4.69, 9.17) is 14.6 Å². The third-order valence-electron chi connectivity index (χ3n) is 2.95. The summed E-state index contributed by atoms with van der Waals surface area (Å²) in [4.78, 5) is 2.32. The van der Waals surface area contributed by atoms with E-state index in [2.05, 4.69) is 17.1 Å². The van der Waals surface area contributed by atoms with E-state index >= 15 is 0 Å². The monoisotopic (exact) mass is 248 g/mol. The first-order chi connectivity index (χ1) is 8.19.